The molecule has 0 bridgehead atoms. The van der Waals surface area contributed by atoms with E-state index in [0.717, 1.165) is 29.5 Å². The van der Waals surface area contributed by atoms with E-state index in [-0.39, 0.29) is 34.8 Å². The van der Waals surface area contributed by atoms with Crippen molar-refractivity contribution in [2.24, 2.45) is 0 Å². The summed E-state index contributed by atoms with van der Waals surface area (Å²) in [6.45, 7) is 3.17. The number of anilines is 2. The number of hydrogen-bond donors (Lipinski definition) is 2. The molecule has 0 aliphatic carbocycles. The molecule has 0 aliphatic rings. The number of hydrogen-bond acceptors (Lipinski definition) is 6. The second kappa shape index (κ2) is 9.02. The summed E-state index contributed by atoms with van der Waals surface area (Å²) in [5.74, 6) is -1.04. The lowest BCUT2D eigenvalue weighted by Crippen LogP contribution is -2.20. The lowest BCUT2D eigenvalue weighted by atomic mass is 10.1. The van der Waals surface area contributed by atoms with Gasteiger partial charge in [0.05, 0.1) is 17.9 Å². The highest BCUT2D eigenvalue weighted by atomic mass is 32.1. The Hall–Kier alpha value is -2.66. The highest BCUT2D eigenvalue weighted by Crippen LogP contribution is 2.35. The number of methoxy groups -OCH3 is 1. The number of benzene rings is 1. The molecule has 0 unspecified atom stereocenters. The van der Waals surface area contributed by atoms with Crippen molar-refractivity contribution < 1.29 is 32.2 Å². The summed E-state index contributed by atoms with van der Waals surface area (Å²) in [7, 11) is 1.46. The molecule has 0 saturated carbocycles. The first kappa shape index (κ1) is 21.6. The third-order valence-corrected chi connectivity index (χ3v) is 4.06. The number of amides is 2. The molecule has 0 radical (unpaired) electrons. The standard InChI is InChI=1S/C17H18F3N3O4S/c1-9(7-26-3)27-14-5-4-11(17(18,19)20)6-12(14)22-15(25)13-8-28-16(23-13)21-10(2)24/h4-6,8-9H,7H2,1-3H3,(H,22,25)(H,21,23,24)/t9-/m0/s1. The maximum absolute atomic E-state index is 13.0. The molecule has 1 heterocycles. The molecule has 1 atom stereocenters. The summed E-state index contributed by atoms with van der Waals surface area (Å²) in [6.07, 6.45) is -5.04. The van der Waals surface area contributed by atoms with Gasteiger partial charge in [-0.1, -0.05) is 0 Å². The maximum atomic E-state index is 13.0. The highest BCUT2D eigenvalue weighted by Gasteiger charge is 2.31. The van der Waals surface area contributed by atoms with Gasteiger partial charge in [0.15, 0.2) is 5.13 Å². The van der Waals surface area contributed by atoms with Gasteiger partial charge in [-0.25, -0.2) is 4.98 Å². The average molecular weight is 417 g/mol. The van der Waals surface area contributed by atoms with Gasteiger partial charge in [0.1, 0.15) is 17.5 Å². The van der Waals surface area contributed by atoms with Crippen LogP contribution in [0.25, 0.3) is 0 Å². The van der Waals surface area contributed by atoms with E-state index in [1.165, 1.54) is 19.4 Å². The summed E-state index contributed by atoms with van der Waals surface area (Å²) >= 11 is 1.01. The second-order valence-corrected chi connectivity index (χ2v) is 6.62. The van der Waals surface area contributed by atoms with E-state index in [2.05, 4.69) is 15.6 Å². The number of nitrogens with zero attached hydrogens (tertiary/aromatic N) is 1. The summed E-state index contributed by atoms with van der Waals surface area (Å²) in [4.78, 5) is 27.4. The molecule has 28 heavy (non-hydrogen) atoms. The van der Waals surface area contributed by atoms with Crippen molar-refractivity contribution in [2.75, 3.05) is 24.4 Å². The Balaban J connectivity index is 2.28. The van der Waals surface area contributed by atoms with Crippen LogP contribution in [0.2, 0.25) is 0 Å². The zero-order valence-corrected chi connectivity index (χ0v) is 16.0. The quantitative estimate of drug-likeness (QED) is 0.716. The molecule has 2 amide bonds. The van der Waals surface area contributed by atoms with Crippen LogP contribution in [0.4, 0.5) is 24.0 Å². The molecule has 1 aromatic heterocycles. The minimum Gasteiger partial charge on any atom is -0.486 e. The van der Waals surface area contributed by atoms with E-state index in [1.807, 2.05) is 0 Å². The maximum Gasteiger partial charge on any atom is 0.416 e. The number of ether oxygens (including phenoxy) is 2. The fourth-order valence-electron chi connectivity index (χ4n) is 2.16. The van der Waals surface area contributed by atoms with Crippen molar-refractivity contribution in [3.8, 4) is 5.75 Å². The number of carbonyl (C=O) groups is 2. The normalized spacial score (nSPS) is 12.4. The molecule has 0 fully saturated rings. The lowest BCUT2D eigenvalue weighted by molar-refractivity contribution is -0.137. The Morgan fingerprint density at radius 1 is 1.29 bits per heavy atom. The molecular formula is C17H18F3N3O4S. The minimum absolute atomic E-state index is 0.0537. The SMILES string of the molecule is COC[C@H](C)Oc1ccc(C(F)(F)F)cc1NC(=O)c1csc(NC(C)=O)n1. The first-order chi connectivity index (χ1) is 13.1. The highest BCUT2D eigenvalue weighted by molar-refractivity contribution is 7.14. The smallest absolute Gasteiger partial charge is 0.416 e. The molecule has 1 aromatic carbocycles. The first-order valence-electron chi connectivity index (χ1n) is 8.01. The van der Waals surface area contributed by atoms with Gasteiger partial charge in [0.2, 0.25) is 5.91 Å². The van der Waals surface area contributed by atoms with Gasteiger partial charge < -0.3 is 20.1 Å². The van der Waals surface area contributed by atoms with Crippen LogP contribution < -0.4 is 15.4 Å². The molecule has 0 aliphatic heterocycles. The number of nitrogens with one attached hydrogen (secondary N) is 2. The number of aromatic nitrogens is 1. The van der Waals surface area contributed by atoms with Gasteiger partial charge in [0.25, 0.3) is 5.91 Å². The predicted molar refractivity (Wildman–Crippen MR) is 97.8 cm³/mol. The summed E-state index contributed by atoms with van der Waals surface area (Å²) in [5.41, 5.74) is -1.15. The summed E-state index contributed by atoms with van der Waals surface area (Å²) < 4.78 is 49.6. The van der Waals surface area contributed by atoms with Crippen LogP contribution in [0.5, 0.6) is 5.75 Å². The van der Waals surface area contributed by atoms with Crippen LogP contribution in [0.1, 0.15) is 29.9 Å². The fraction of sp³-hybridized carbons (Fsp3) is 0.353. The molecule has 0 spiro atoms. The number of halogens is 3. The molecule has 11 heteroatoms. The van der Waals surface area contributed by atoms with Crippen LogP contribution in [0, 0.1) is 0 Å². The number of rotatable bonds is 7. The zero-order valence-electron chi connectivity index (χ0n) is 15.2. The Bertz CT molecular complexity index is 854. The van der Waals surface area contributed by atoms with Crippen molar-refractivity contribution in [1.29, 1.82) is 0 Å². The Kier molecular flexibility index (Phi) is 6.97. The second-order valence-electron chi connectivity index (χ2n) is 5.77. The minimum atomic E-state index is -4.59. The van der Waals surface area contributed by atoms with Crippen LogP contribution >= 0.6 is 11.3 Å². The van der Waals surface area contributed by atoms with E-state index in [0.29, 0.717) is 0 Å². The predicted octanol–water partition coefficient (Wildman–Crippen LogP) is 3.79. The van der Waals surface area contributed by atoms with Crippen molar-refractivity contribution in [3.05, 3.63) is 34.8 Å². The summed E-state index contributed by atoms with van der Waals surface area (Å²) in [5, 5.41) is 6.38. The van der Waals surface area contributed by atoms with Gasteiger partial charge in [-0.3, -0.25) is 9.59 Å². The van der Waals surface area contributed by atoms with Crippen molar-refractivity contribution in [3.63, 3.8) is 0 Å². The van der Waals surface area contributed by atoms with Crippen LogP contribution in [-0.2, 0) is 15.7 Å². The molecule has 152 valence electrons. The van der Waals surface area contributed by atoms with Crippen LogP contribution in [0.15, 0.2) is 23.6 Å². The monoisotopic (exact) mass is 417 g/mol. The number of carbonyl (C=O) groups excluding carboxylic acids is 2. The van der Waals surface area contributed by atoms with E-state index in [9.17, 15) is 22.8 Å². The average Bonchev–Trinajstić information content (AvgIpc) is 3.03. The van der Waals surface area contributed by atoms with Gasteiger partial charge in [-0.2, -0.15) is 13.2 Å². The van der Waals surface area contributed by atoms with Crippen LogP contribution in [0.3, 0.4) is 0 Å². The number of alkyl halides is 3. The Labute approximate surface area is 162 Å². The zero-order chi connectivity index (χ0) is 20.9. The third kappa shape index (κ3) is 5.92. The van der Waals surface area contributed by atoms with E-state index < -0.39 is 23.8 Å². The molecule has 2 N–H and O–H groups in total. The fourth-order valence-corrected chi connectivity index (χ4v) is 2.90. The molecular weight excluding hydrogens is 399 g/mol. The molecule has 2 rings (SSSR count). The largest absolute Gasteiger partial charge is 0.486 e. The topological polar surface area (TPSA) is 89.5 Å². The van der Waals surface area contributed by atoms with Crippen molar-refractivity contribution in [2.45, 2.75) is 26.1 Å². The summed E-state index contributed by atoms with van der Waals surface area (Å²) in [6, 6.07) is 2.78. The molecule has 7 nitrogen and oxygen atoms in total. The van der Waals surface area contributed by atoms with E-state index in [4.69, 9.17) is 9.47 Å². The van der Waals surface area contributed by atoms with E-state index >= 15 is 0 Å². The van der Waals surface area contributed by atoms with Crippen molar-refractivity contribution in [1.82, 2.24) is 4.98 Å². The Morgan fingerprint density at radius 2 is 2.00 bits per heavy atom. The van der Waals surface area contributed by atoms with Crippen molar-refractivity contribution >= 4 is 34.0 Å². The number of thiazole rings is 1. The third-order valence-electron chi connectivity index (χ3n) is 3.30. The first-order valence-corrected chi connectivity index (χ1v) is 8.89. The van der Waals surface area contributed by atoms with E-state index in [1.54, 1.807) is 6.92 Å². The lowest BCUT2D eigenvalue weighted by Gasteiger charge is -2.18. The van der Waals surface area contributed by atoms with Crippen LogP contribution in [-0.4, -0.2) is 36.6 Å². The van der Waals surface area contributed by atoms with Gasteiger partial charge in [0, 0.05) is 19.4 Å². The molecule has 0 saturated heterocycles. The van der Waals surface area contributed by atoms with Gasteiger partial charge in [-0.05, 0) is 25.1 Å². The van der Waals surface area contributed by atoms with Gasteiger partial charge in [-0.15, -0.1) is 11.3 Å². The van der Waals surface area contributed by atoms with Gasteiger partial charge >= 0.3 is 6.18 Å². The Morgan fingerprint density at radius 3 is 2.61 bits per heavy atom. The molecule has 2 aromatic rings.